The van der Waals surface area contributed by atoms with Crippen LogP contribution in [0.5, 0.6) is 0 Å². The Hall–Kier alpha value is -2.05. The largest absolute Gasteiger partial charge is 0.465 e. The van der Waals surface area contributed by atoms with E-state index in [1.54, 1.807) is 39.0 Å². The van der Waals surface area contributed by atoms with Gasteiger partial charge in [-0.15, -0.1) is 11.3 Å². The van der Waals surface area contributed by atoms with Crippen LogP contribution in [0, 0.1) is 11.3 Å². The second-order valence-corrected chi connectivity index (χ2v) is 8.82. The number of rotatable bonds is 8. The summed E-state index contributed by atoms with van der Waals surface area (Å²) < 4.78 is 6.33. The average Bonchev–Trinajstić information content (AvgIpc) is 3.01. The van der Waals surface area contributed by atoms with Crippen molar-refractivity contribution in [3.05, 3.63) is 35.2 Å². The van der Waals surface area contributed by atoms with Crippen LogP contribution in [0.2, 0.25) is 0 Å². The number of carbonyl (C=O) groups is 3. The molecule has 2 atom stereocenters. The predicted octanol–water partition coefficient (Wildman–Crippen LogP) is 3.52. The molecular formula is C21H27NO4S. The number of Topliss-reactive ketones (excluding diaryl/α,β-unsaturated/α-hetero) is 2. The standard InChI is InChI=1S/C21H27NO4S/c1-13(11-26-19(24)10-16(22)20(25)21(2,3)4)17(23)9-14-12-27-18-8-6-5-7-15(14)18/h5-8,12-13,16H,9-11,22H2,1-4H3. The van der Waals surface area contributed by atoms with Gasteiger partial charge in [0.2, 0.25) is 0 Å². The van der Waals surface area contributed by atoms with Gasteiger partial charge >= 0.3 is 5.97 Å². The number of hydrogen-bond donors (Lipinski definition) is 1. The van der Waals surface area contributed by atoms with Crippen molar-refractivity contribution < 1.29 is 19.1 Å². The maximum atomic E-state index is 12.5. The molecule has 0 aliphatic carbocycles. The van der Waals surface area contributed by atoms with Crippen LogP contribution in [0.1, 0.15) is 39.7 Å². The first-order valence-corrected chi connectivity index (χ1v) is 9.91. The molecule has 1 aromatic heterocycles. The van der Waals surface area contributed by atoms with Crippen LogP contribution >= 0.6 is 11.3 Å². The minimum absolute atomic E-state index is 0.00380. The van der Waals surface area contributed by atoms with E-state index in [4.69, 9.17) is 10.5 Å². The SMILES string of the molecule is CC(COC(=O)CC(N)C(=O)C(C)(C)C)C(=O)Cc1csc2ccccc12. The number of carbonyl (C=O) groups excluding carboxylic acids is 3. The van der Waals surface area contributed by atoms with Gasteiger partial charge in [-0.2, -0.15) is 0 Å². The molecule has 0 saturated carbocycles. The molecule has 0 amide bonds. The monoisotopic (exact) mass is 389 g/mol. The molecule has 2 N–H and O–H groups in total. The molecule has 2 unspecified atom stereocenters. The highest BCUT2D eigenvalue weighted by atomic mass is 32.1. The number of hydrogen-bond acceptors (Lipinski definition) is 6. The molecule has 27 heavy (non-hydrogen) atoms. The molecular weight excluding hydrogens is 362 g/mol. The van der Waals surface area contributed by atoms with Crippen molar-refractivity contribution in [1.29, 1.82) is 0 Å². The summed E-state index contributed by atoms with van der Waals surface area (Å²) in [7, 11) is 0. The van der Waals surface area contributed by atoms with Gasteiger partial charge in [-0.1, -0.05) is 45.9 Å². The summed E-state index contributed by atoms with van der Waals surface area (Å²) in [6, 6.07) is 7.08. The third kappa shape index (κ3) is 5.71. The molecule has 2 aromatic rings. The van der Waals surface area contributed by atoms with Crippen molar-refractivity contribution in [2.75, 3.05) is 6.61 Å². The Bertz CT molecular complexity index is 834. The fourth-order valence-corrected chi connectivity index (χ4v) is 3.69. The number of ether oxygens (including phenoxy) is 1. The Balaban J connectivity index is 1.84. The Morgan fingerprint density at radius 2 is 1.85 bits per heavy atom. The van der Waals surface area contributed by atoms with Crippen LogP contribution in [-0.2, 0) is 25.5 Å². The van der Waals surface area contributed by atoms with Crippen LogP contribution in [0.4, 0.5) is 0 Å². The van der Waals surface area contributed by atoms with E-state index in [2.05, 4.69) is 0 Å². The molecule has 0 fully saturated rings. The lowest BCUT2D eigenvalue weighted by atomic mass is 9.86. The zero-order chi connectivity index (χ0) is 20.2. The van der Waals surface area contributed by atoms with Gasteiger partial charge in [0.05, 0.1) is 12.5 Å². The summed E-state index contributed by atoms with van der Waals surface area (Å²) in [5.41, 5.74) is 6.19. The van der Waals surface area contributed by atoms with Crippen LogP contribution in [0.3, 0.4) is 0 Å². The lowest BCUT2D eigenvalue weighted by molar-refractivity contribution is -0.148. The number of ketones is 2. The van der Waals surface area contributed by atoms with Gasteiger partial charge in [0.15, 0.2) is 5.78 Å². The van der Waals surface area contributed by atoms with Crippen molar-refractivity contribution in [2.45, 2.75) is 46.6 Å². The molecule has 0 saturated heterocycles. The lowest BCUT2D eigenvalue weighted by Gasteiger charge is -2.21. The number of nitrogens with two attached hydrogens (primary N) is 1. The first-order valence-electron chi connectivity index (χ1n) is 9.03. The van der Waals surface area contributed by atoms with E-state index in [1.807, 2.05) is 29.6 Å². The smallest absolute Gasteiger partial charge is 0.307 e. The van der Waals surface area contributed by atoms with Crippen molar-refractivity contribution >= 4 is 39.0 Å². The molecule has 0 spiro atoms. The molecule has 1 aromatic carbocycles. The highest BCUT2D eigenvalue weighted by Gasteiger charge is 2.29. The molecule has 0 radical (unpaired) electrons. The molecule has 146 valence electrons. The quantitative estimate of drug-likeness (QED) is 0.698. The first-order chi connectivity index (χ1) is 12.6. The second-order valence-electron chi connectivity index (χ2n) is 7.91. The maximum absolute atomic E-state index is 12.5. The van der Waals surface area contributed by atoms with Crippen molar-refractivity contribution in [1.82, 2.24) is 0 Å². The van der Waals surface area contributed by atoms with Crippen LogP contribution in [0.15, 0.2) is 29.6 Å². The fourth-order valence-electron chi connectivity index (χ4n) is 2.73. The van der Waals surface area contributed by atoms with E-state index < -0.39 is 23.3 Å². The Kier molecular flexibility index (Phi) is 6.89. The highest BCUT2D eigenvalue weighted by Crippen LogP contribution is 2.26. The topological polar surface area (TPSA) is 86.5 Å². The van der Waals surface area contributed by atoms with Gasteiger partial charge in [-0.05, 0) is 22.4 Å². The Labute approximate surface area is 163 Å². The maximum Gasteiger partial charge on any atom is 0.307 e. The molecule has 5 nitrogen and oxygen atoms in total. The summed E-state index contributed by atoms with van der Waals surface area (Å²) >= 11 is 1.61. The van der Waals surface area contributed by atoms with Gasteiger partial charge in [-0.3, -0.25) is 14.4 Å². The summed E-state index contributed by atoms with van der Waals surface area (Å²) in [5, 5.41) is 3.09. The average molecular weight is 390 g/mol. The van der Waals surface area contributed by atoms with Gasteiger partial charge in [-0.25, -0.2) is 0 Å². The van der Waals surface area contributed by atoms with E-state index in [-0.39, 0.29) is 24.6 Å². The molecule has 2 rings (SSSR count). The van der Waals surface area contributed by atoms with Crippen LogP contribution in [-0.4, -0.2) is 30.2 Å². The number of thiophene rings is 1. The zero-order valence-corrected chi connectivity index (χ0v) is 17.1. The van der Waals surface area contributed by atoms with E-state index in [0.29, 0.717) is 6.42 Å². The zero-order valence-electron chi connectivity index (χ0n) is 16.3. The van der Waals surface area contributed by atoms with Crippen molar-refractivity contribution in [3.8, 4) is 0 Å². The Morgan fingerprint density at radius 3 is 2.52 bits per heavy atom. The van der Waals surface area contributed by atoms with E-state index in [9.17, 15) is 14.4 Å². The second kappa shape index (κ2) is 8.76. The fraction of sp³-hybridized carbons (Fsp3) is 0.476. The van der Waals surface area contributed by atoms with Gasteiger partial charge in [0.25, 0.3) is 0 Å². The summed E-state index contributed by atoms with van der Waals surface area (Å²) in [5.74, 6) is -1.14. The van der Waals surface area contributed by atoms with E-state index in [1.165, 1.54) is 0 Å². The third-order valence-electron chi connectivity index (χ3n) is 4.43. The molecule has 0 bridgehead atoms. The summed E-state index contributed by atoms with van der Waals surface area (Å²) in [6.45, 7) is 7.01. The van der Waals surface area contributed by atoms with E-state index in [0.717, 1.165) is 15.6 Å². The minimum Gasteiger partial charge on any atom is -0.465 e. The minimum atomic E-state index is -0.888. The number of benzene rings is 1. The predicted molar refractivity (Wildman–Crippen MR) is 108 cm³/mol. The molecule has 6 heteroatoms. The van der Waals surface area contributed by atoms with Crippen molar-refractivity contribution in [2.24, 2.45) is 17.1 Å². The molecule has 0 aliphatic heterocycles. The summed E-state index contributed by atoms with van der Waals surface area (Å²) in [4.78, 5) is 36.4. The number of fused-ring (bicyclic) bond motifs is 1. The van der Waals surface area contributed by atoms with Gasteiger partial charge < -0.3 is 10.5 Å². The normalized spacial score (nSPS) is 14.0. The summed E-state index contributed by atoms with van der Waals surface area (Å²) in [6.07, 6.45) is 0.136. The lowest BCUT2D eigenvalue weighted by Crippen LogP contribution is -2.40. The Morgan fingerprint density at radius 1 is 1.19 bits per heavy atom. The number of esters is 1. The van der Waals surface area contributed by atoms with Gasteiger partial charge in [0.1, 0.15) is 12.4 Å². The van der Waals surface area contributed by atoms with Crippen molar-refractivity contribution in [3.63, 3.8) is 0 Å². The molecule has 1 heterocycles. The van der Waals surface area contributed by atoms with E-state index >= 15 is 0 Å². The van der Waals surface area contributed by atoms with Gasteiger partial charge in [0, 0.05) is 22.5 Å². The van der Waals surface area contributed by atoms with Crippen LogP contribution < -0.4 is 5.73 Å². The van der Waals surface area contributed by atoms with Crippen LogP contribution in [0.25, 0.3) is 10.1 Å². The highest BCUT2D eigenvalue weighted by molar-refractivity contribution is 7.17. The third-order valence-corrected chi connectivity index (χ3v) is 5.44. The first kappa shape index (κ1) is 21.3. The molecule has 0 aliphatic rings.